The van der Waals surface area contributed by atoms with Crippen molar-refractivity contribution < 1.29 is 18.0 Å². The number of alkyl halides is 3. The minimum absolute atomic E-state index is 0.107. The molecule has 1 fully saturated rings. The Morgan fingerprint density at radius 1 is 0.840 bits per heavy atom. The van der Waals surface area contributed by atoms with Gasteiger partial charge < -0.3 is 4.90 Å². The molecule has 0 N–H and O–H groups in total. The molecule has 1 saturated heterocycles. The Balaban J connectivity index is 1.78. The molecule has 0 radical (unpaired) electrons. The lowest BCUT2D eigenvalue weighted by molar-refractivity contribution is -0.204. The van der Waals surface area contributed by atoms with Crippen molar-refractivity contribution in [2.24, 2.45) is 0 Å². The van der Waals surface area contributed by atoms with Crippen LogP contribution in [0.3, 0.4) is 0 Å². The maximum absolute atomic E-state index is 13.6. The lowest BCUT2D eigenvalue weighted by atomic mass is 10.1. The normalized spacial score (nSPS) is 19.2. The van der Waals surface area contributed by atoms with E-state index in [1.807, 2.05) is 36.4 Å². The topological polar surface area (TPSA) is 23.6 Å². The molecule has 3 nitrogen and oxygen atoms in total. The fourth-order valence-electron chi connectivity index (χ4n) is 3.11. The van der Waals surface area contributed by atoms with Crippen LogP contribution >= 0.6 is 0 Å². The van der Waals surface area contributed by atoms with E-state index < -0.39 is 18.1 Å². The van der Waals surface area contributed by atoms with Crippen LogP contribution < -0.4 is 0 Å². The number of piperazine rings is 1. The number of rotatable bonds is 4. The molecule has 2 aromatic rings. The van der Waals surface area contributed by atoms with Gasteiger partial charge in [0, 0.05) is 26.2 Å². The van der Waals surface area contributed by atoms with Crippen molar-refractivity contribution in [2.75, 3.05) is 13.1 Å². The predicted molar refractivity (Wildman–Crippen MR) is 88.6 cm³/mol. The molecule has 0 bridgehead atoms. The van der Waals surface area contributed by atoms with E-state index in [9.17, 15) is 18.0 Å². The van der Waals surface area contributed by atoms with Gasteiger partial charge in [0.2, 0.25) is 5.91 Å². The van der Waals surface area contributed by atoms with Crippen LogP contribution in [0.2, 0.25) is 0 Å². The van der Waals surface area contributed by atoms with Crippen molar-refractivity contribution in [1.29, 1.82) is 0 Å². The Labute approximate surface area is 144 Å². The zero-order valence-electron chi connectivity index (χ0n) is 13.6. The first-order valence-corrected chi connectivity index (χ1v) is 8.12. The van der Waals surface area contributed by atoms with Gasteiger partial charge in [-0.2, -0.15) is 13.2 Å². The molecule has 0 spiro atoms. The minimum atomic E-state index is -4.60. The SMILES string of the molecule is O=C1C(C(F)(F)F)N(Cc2ccccc2)CCN1Cc1ccccc1. The summed E-state index contributed by atoms with van der Waals surface area (Å²) in [4.78, 5) is 15.1. The zero-order valence-corrected chi connectivity index (χ0v) is 13.6. The average molecular weight is 348 g/mol. The fraction of sp³-hybridized carbons (Fsp3) is 0.316. The molecule has 3 rings (SSSR count). The smallest absolute Gasteiger partial charge is 0.335 e. The Morgan fingerprint density at radius 2 is 1.36 bits per heavy atom. The first-order chi connectivity index (χ1) is 11.9. The number of hydrogen-bond donors (Lipinski definition) is 0. The molecule has 6 heteroatoms. The van der Waals surface area contributed by atoms with Crippen LogP contribution in [0.25, 0.3) is 0 Å². The molecule has 1 amide bonds. The minimum Gasteiger partial charge on any atom is -0.335 e. The number of carbonyl (C=O) groups excluding carboxylic acids is 1. The highest BCUT2D eigenvalue weighted by atomic mass is 19.4. The van der Waals surface area contributed by atoms with E-state index >= 15 is 0 Å². The summed E-state index contributed by atoms with van der Waals surface area (Å²) in [6, 6.07) is 15.9. The van der Waals surface area contributed by atoms with E-state index in [0.29, 0.717) is 0 Å². The lowest BCUT2D eigenvalue weighted by Crippen LogP contribution is -2.61. The van der Waals surface area contributed by atoms with E-state index in [1.54, 1.807) is 24.3 Å². The average Bonchev–Trinajstić information content (AvgIpc) is 2.58. The van der Waals surface area contributed by atoms with Crippen molar-refractivity contribution in [3.05, 3.63) is 71.8 Å². The zero-order chi connectivity index (χ0) is 17.9. The van der Waals surface area contributed by atoms with E-state index in [1.165, 1.54) is 9.80 Å². The molecule has 0 aromatic heterocycles. The lowest BCUT2D eigenvalue weighted by Gasteiger charge is -2.41. The summed E-state index contributed by atoms with van der Waals surface area (Å²) in [7, 11) is 0. The van der Waals surface area contributed by atoms with Gasteiger partial charge in [-0.1, -0.05) is 60.7 Å². The fourth-order valence-corrected chi connectivity index (χ4v) is 3.11. The first kappa shape index (κ1) is 17.5. The van der Waals surface area contributed by atoms with E-state index in [0.717, 1.165) is 11.1 Å². The van der Waals surface area contributed by atoms with Crippen LogP contribution in [0.1, 0.15) is 11.1 Å². The molecule has 0 aliphatic carbocycles. The molecule has 0 saturated carbocycles. The standard InChI is InChI=1S/C19H19F3N2O/c20-19(21,22)17-18(25)24(14-16-9-5-2-6-10-16)12-11-23(17)13-15-7-3-1-4-8-15/h1-10,17H,11-14H2. The Morgan fingerprint density at radius 3 is 1.88 bits per heavy atom. The van der Waals surface area contributed by atoms with Gasteiger partial charge in [0.15, 0.2) is 6.04 Å². The second-order valence-corrected chi connectivity index (χ2v) is 6.15. The van der Waals surface area contributed by atoms with Crippen LogP contribution in [0, 0.1) is 0 Å². The maximum Gasteiger partial charge on any atom is 0.412 e. The van der Waals surface area contributed by atoms with Gasteiger partial charge in [0.25, 0.3) is 0 Å². The Hall–Kier alpha value is -2.34. The quantitative estimate of drug-likeness (QED) is 0.845. The van der Waals surface area contributed by atoms with Crippen LogP contribution in [0.4, 0.5) is 13.2 Å². The van der Waals surface area contributed by atoms with Crippen LogP contribution in [-0.4, -0.2) is 41.0 Å². The van der Waals surface area contributed by atoms with Crippen LogP contribution in [0.15, 0.2) is 60.7 Å². The van der Waals surface area contributed by atoms with Crippen molar-refractivity contribution in [3.8, 4) is 0 Å². The summed E-state index contributed by atoms with van der Waals surface area (Å²) in [6.45, 7) is 0.784. The molecule has 25 heavy (non-hydrogen) atoms. The van der Waals surface area contributed by atoms with Gasteiger partial charge in [-0.25, -0.2) is 0 Å². The number of hydrogen-bond acceptors (Lipinski definition) is 2. The Kier molecular flexibility index (Phi) is 5.08. The van der Waals surface area contributed by atoms with E-state index in [-0.39, 0.29) is 26.2 Å². The third-order valence-electron chi connectivity index (χ3n) is 4.32. The molecular weight excluding hydrogens is 329 g/mol. The first-order valence-electron chi connectivity index (χ1n) is 8.12. The predicted octanol–water partition coefficient (Wildman–Crippen LogP) is 3.46. The van der Waals surface area contributed by atoms with Gasteiger partial charge >= 0.3 is 6.18 Å². The molecule has 1 aliphatic rings. The monoisotopic (exact) mass is 348 g/mol. The second kappa shape index (κ2) is 7.27. The van der Waals surface area contributed by atoms with Crippen LogP contribution in [0.5, 0.6) is 0 Å². The summed E-state index contributed by atoms with van der Waals surface area (Å²) in [5, 5.41) is 0. The van der Waals surface area contributed by atoms with E-state index in [2.05, 4.69) is 0 Å². The maximum atomic E-state index is 13.6. The number of halogens is 3. The summed E-state index contributed by atoms with van der Waals surface area (Å²) in [5.41, 5.74) is 1.59. The summed E-state index contributed by atoms with van der Waals surface area (Å²) in [6.07, 6.45) is -4.60. The van der Waals surface area contributed by atoms with Gasteiger partial charge in [-0.3, -0.25) is 9.69 Å². The van der Waals surface area contributed by atoms with Crippen molar-refractivity contribution in [3.63, 3.8) is 0 Å². The van der Waals surface area contributed by atoms with E-state index in [4.69, 9.17) is 0 Å². The molecule has 1 heterocycles. The highest BCUT2D eigenvalue weighted by Gasteiger charge is 2.52. The van der Waals surface area contributed by atoms with Gasteiger partial charge in [-0.15, -0.1) is 0 Å². The third kappa shape index (κ3) is 4.20. The molecule has 2 aromatic carbocycles. The number of benzene rings is 2. The summed E-state index contributed by atoms with van der Waals surface area (Å²) < 4.78 is 40.7. The van der Waals surface area contributed by atoms with Gasteiger partial charge in [-0.05, 0) is 11.1 Å². The molecule has 1 atom stereocenters. The molecule has 1 aliphatic heterocycles. The molecular formula is C19H19F3N2O. The highest BCUT2D eigenvalue weighted by molar-refractivity contribution is 5.83. The molecule has 132 valence electrons. The summed E-state index contributed by atoms with van der Waals surface area (Å²) >= 11 is 0. The van der Waals surface area contributed by atoms with Gasteiger partial charge in [0.1, 0.15) is 0 Å². The van der Waals surface area contributed by atoms with Crippen molar-refractivity contribution in [2.45, 2.75) is 25.3 Å². The number of carbonyl (C=O) groups is 1. The highest BCUT2D eigenvalue weighted by Crippen LogP contribution is 2.30. The number of amides is 1. The van der Waals surface area contributed by atoms with Crippen LogP contribution in [-0.2, 0) is 17.9 Å². The third-order valence-corrected chi connectivity index (χ3v) is 4.32. The number of nitrogens with zero attached hydrogens (tertiary/aromatic N) is 2. The largest absolute Gasteiger partial charge is 0.412 e. The Bertz CT molecular complexity index is 704. The van der Waals surface area contributed by atoms with Crippen molar-refractivity contribution in [1.82, 2.24) is 9.80 Å². The van der Waals surface area contributed by atoms with Gasteiger partial charge in [0.05, 0.1) is 0 Å². The van der Waals surface area contributed by atoms with Crippen molar-refractivity contribution >= 4 is 5.91 Å². The molecule has 1 unspecified atom stereocenters. The summed E-state index contributed by atoms with van der Waals surface area (Å²) in [5.74, 6) is -0.876. The second-order valence-electron chi connectivity index (χ2n) is 6.15.